The van der Waals surface area contributed by atoms with Gasteiger partial charge in [0.2, 0.25) is 0 Å². The number of rotatable bonds is 3. The lowest BCUT2D eigenvalue weighted by atomic mass is 10.1. The van der Waals surface area contributed by atoms with E-state index in [-0.39, 0.29) is 16.5 Å². The molecule has 0 aliphatic heterocycles. The monoisotopic (exact) mass is 263 g/mol. The zero-order chi connectivity index (χ0) is 12.3. The number of alkyl halides is 1. The second kappa shape index (κ2) is 5.02. The third-order valence-electron chi connectivity index (χ3n) is 1.98. The van der Waals surface area contributed by atoms with Crippen LogP contribution in [0.3, 0.4) is 0 Å². The highest BCUT2D eigenvalue weighted by atomic mass is 35.5. The van der Waals surface area contributed by atoms with Crippen molar-refractivity contribution in [2.24, 2.45) is 0 Å². The predicted octanol–water partition coefficient (Wildman–Crippen LogP) is 3.23. The Bertz CT molecular complexity index is 407. The highest BCUT2D eigenvalue weighted by Gasteiger charge is 2.22. The Kier molecular flexibility index (Phi) is 4.16. The summed E-state index contributed by atoms with van der Waals surface area (Å²) >= 11 is 11.4. The van der Waals surface area contributed by atoms with Crippen LogP contribution in [0.4, 0.5) is 4.39 Å². The lowest BCUT2D eigenvalue weighted by Crippen LogP contribution is -2.45. The first-order valence-corrected chi connectivity index (χ1v) is 5.61. The molecule has 1 rings (SSSR count). The molecule has 0 atom stereocenters. The molecule has 1 aromatic carbocycles. The third kappa shape index (κ3) is 3.09. The predicted molar refractivity (Wildman–Crippen MR) is 63.7 cm³/mol. The average molecular weight is 264 g/mol. The van der Waals surface area contributed by atoms with Crippen molar-refractivity contribution in [3.8, 4) is 0 Å². The molecule has 88 valence electrons. The molecule has 1 amide bonds. The number of amides is 1. The highest BCUT2D eigenvalue weighted by molar-refractivity contribution is 6.34. The van der Waals surface area contributed by atoms with Crippen molar-refractivity contribution in [2.75, 3.05) is 5.88 Å². The summed E-state index contributed by atoms with van der Waals surface area (Å²) in [6.07, 6.45) is 0. The fourth-order valence-electron chi connectivity index (χ4n) is 1.09. The number of carbonyl (C=O) groups is 1. The highest BCUT2D eigenvalue weighted by Crippen LogP contribution is 2.20. The van der Waals surface area contributed by atoms with Crippen LogP contribution in [0, 0.1) is 5.82 Å². The minimum atomic E-state index is -0.613. The van der Waals surface area contributed by atoms with Crippen molar-refractivity contribution in [1.29, 1.82) is 0 Å². The van der Waals surface area contributed by atoms with Gasteiger partial charge in [-0.25, -0.2) is 4.39 Å². The van der Waals surface area contributed by atoms with E-state index in [0.29, 0.717) is 0 Å². The average Bonchev–Trinajstić information content (AvgIpc) is 2.21. The largest absolute Gasteiger partial charge is 0.346 e. The first-order chi connectivity index (χ1) is 7.37. The van der Waals surface area contributed by atoms with E-state index >= 15 is 0 Å². The Morgan fingerprint density at radius 2 is 2.12 bits per heavy atom. The van der Waals surface area contributed by atoms with Gasteiger partial charge in [-0.1, -0.05) is 17.7 Å². The maximum absolute atomic E-state index is 13.1. The van der Waals surface area contributed by atoms with Crippen molar-refractivity contribution < 1.29 is 9.18 Å². The summed E-state index contributed by atoms with van der Waals surface area (Å²) in [6.45, 7) is 3.54. The van der Waals surface area contributed by atoms with Crippen LogP contribution in [-0.4, -0.2) is 17.3 Å². The van der Waals surface area contributed by atoms with Gasteiger partial charge in [0.05, 0.1) is 10.6 Å². The van der Waals surface area contributed by atoms with E-state index < -0.39 is 17.3 Å². The van der Waals surface area contributed by atoms with Crippen molar-refractivity contribution in [1.82, 2.24) is 5.32 Å². The molecule has 1 N–H and O–H groups in total. The summed E-state index contributed by atoms with van der Waals surface area (Å²) in [5, 5.41) is 2.49. The van der Waals surface area contributed by atoms with Gasteiger partial charge < -0.3 is 5.32 Å². The van der Waals surface area contributed by atoms with Crippen LogP contribution in [0.2, 0.25) is 5.02 Å². The molecule has 2 nitrogen and oxygen atoms in total. The van der Waals surface area contributed by atoms with Gasteiger partial charge in [-0.05, 0) is 26.0 Å². The SMILES string of the molecule is CC(C)(CCl)NC(=O)c1cccc(F)c1Cl. The summed E-state index contributed by atoms with van der Waals surface area (Å²) in [4.78, 5) is 11.8. The Morgan fingerprint density at radius 1 is 1.50 bits per heavy atom. The maximum atomic E-state index is 13.1. The molecule has 0 aliphatic carbocycles. The van der Waals surface area contributed by atoms with E-state index in [1.807, 2.05) is 0 Å². The molecule has 0 saturated heterocycles. The van der Waals surface area contributed by atoms with Gasteiger partial charge in [0, 0.05) is 11.4 Å². The van der Waals surface area contributed by atoms with Crippen LogP contribution < -0.4 is 5.32 Å². The molecule has 0 aliphatic rings. The first-order valence-electron chi connectivity index (χ1n) is 4.70. The number of hydrogen-bond acceptors (Lipinski definition) is 1. The van der Waals surface area contributed by atoms with Crippen molar-refractivity contribution >= 4 is 29.1 Å². The van der Waals surface area contributed by atoms with Gasteiger partial charge >= 0.3 is 0 Å². The molecular weight excluding hydrogens is 252 g/mol. The van der Waals surface area contributed by atoms with E-state index in [0.717, 1.165) is 0 Å². The summed E-state index contributed by atoms with van der Waals surface area (Å²) in [7, 11) is 0. The molecule has 0 saturated carbocycles. The number of nitrogens with one attached hydrogen (secondary N) is 1. The molecule has 5 heteroatoms. The lowest BCUT2D eigenvalue weighted by Gasteiger charge is -2.23. The van der Waals surface area contributed by atoms with Gasteiger partial charge in [-0.2, -0.15) is 0 Å². The van der Waals surface area contributed by atoms with Gasteiger partial charge in [0.15, 0.2) is 0 Å². The summed E-state index contributed by atoms with van der Waals surface area (Å²) in [6, 6.07) is 4.10. The van der Waals surface area contributed by atoms with Crippen LogP contribution in [0.1, 0.15) is 24.2 Å². The molecular formula is C11H12Cl2FNO. The van der Waals surface area contributed by atoms with Gasteiger partial charge in [0.25, 0.3) is 5.91 Å². The Balaban J connectivity index is 2.94. The standard InChI is InChI=1S/C11H12Cl2FNO/c1-11(2,6-12)15-10(16)7-4-3-5-8(14)9(7)13/h3-5H,6H2,1-2H3,(H,15,16). The van der Waals surface area contributed by atoms with E-state index in [2.05, 4.69) is 5.32 Å². The maximum Gasteiger partial charge on any atom is 0.253 e. The molecule has 0 unspecified atom stereocenters. The first kappa shape index (κ1) is 13.3. The molecule has 16 heavy (non-hydrogen) atoms. The second-order valence-electron chi connectivity index (χ2n) is 4.07. The second-order valence-corrected chi connectivity index (χ2v) is 4.72. The van der Waals surface area contributed by atoms with E-state index in [1.165, 1.54) is 18.2 Å². The molecule has 0 aromatic heterocycles. The van der Waals surface area contributed by atoms with Gasteiger partial charge in [0.1, 0.15) is 5.82 Å². The smallest absolute Gasteiger partial charge is 0.253 e. The van der Waals surface area contributed by atoms with Crippen molar-refractivity contribution in [3.63, 3.8) is 0 Å². The fraction of sp³-hybridized carbons (Fsp3) is 0.364. The molecule has 1 aromatic rings. The number of halogens is 3. The Morgan fingerprint density at radius 3 is 2.69 bits per heavy atom. The minimum absolute atomic E-state index is 0.111. The molecule has 0 bridgehead atoms. The zero-order valence-corrected chi connectivity index (χ0v) is 10.5. The van der Waals surface area contributed by atoms with Crippen LogP contribution in [-0.2, 0) is 0 Å². The fourth-order valence-corrected chi connectivity index (χ4v) is 1.37. The zero-order valence-electron chi connectivity index (χ0n) is 8.98. The minimum Gasteiger partial charge on any atom is -0.346 e. The van der Waals surface area contributed by atoms with Gasteiger partial charge in [-0.3, -0.25) is 4.79 Å². The molecule has 0 radical (unpaired) electrons. The molecule has 0 heterocycles. The van der Waals surface area contributed by atoms with Crippen LogP contribution >= 0.6 is 23.2 Å². The number of carbonyl (C=O) groups excluding carboxylic acids is 1. The normalized spacial score (nSPS) is 11.3. The van der Waals surface area contributed by atoms with Gasteiger partial charge in [-0.15, -0.1) is 11.6 Å². The topological polar surface area (TPSA) is 29.1 Å². The van der Waals surface area contributed by atoms with E-state index in [1.54, 1.807) is 13.8 Å². The molecule has 0 spiro atoms. The summed E-state index contributed by atoms with van der Waals surface area (Å²) in [5.74, 6) is -0.792. The van der Waals surface area contributed by atoms with Crippen molar-refractivity contribution in [2.45, 2.75) is 19.4 Å². The Hall–Kier alpha value is -0.800. The van der Waals surface area contributed by atoms with Crippen LogP contribution in [0.25, 0.3) is 0 Å². The summed E-state index contributed by atoms with van der Waals surface area (Å²) < 4.78 is 13.1. The van der Waals surface area contributed by atoms with Crippen molar-refractivity contribution in [3.05, 3.63) is 34.6 Å². The quantitative estimate of drug-likeness (QED) is 0.834. The van der Waals surface area contributed by atoms with Crippen LogP contribution in [0.15, 0.2) is 18.2 Å². The lowest BCUT2D eigenvalue weighted by molar-refractivity contribution is 0.0920. The summed E-state index contributed by atoms with van der Waals surface area (Å²) in [5.41, 5.74) is -0.450. The number of hydrogen-bond donors (Lipinski definition) is 1. The molecule has 0 fully saturated rings. The Labute approximate surface area is 104 Å². The van der Waals surface area contributed by atoms with Crippen LogP contribution in [0.5, 0.6) is 0 Å². The van der Waals surface area contributed by atoms with E-state index in [9.17, 15) is 9.18 Å². The van der Waals surface area contributed by atoms with E-state index in [4.69, 9.17) is 23.2 Å². The third-order valence-corrected chi connectivity index (χ3v) is 3.03. The number of benzene rings is 1.